The molecule has 0 bridgehead atoms. The number of benzene rings is 1. The number of anilines is 1. The molecule has 1 amide bonds. The Labute approximate surface area is 144 Å². The topological polar surface area (TPSA) is 94.0 Å². The highest BCUT2D eigenvalue weighted by molar-refractivity contribution is 7.15. The quantitative estimate of drug-likeness (QED) is 0.752. The van der Waals surface area contributed by atoms with Crippen LogP contribution in [0.2, 0.25) is 0 Å². The lowest BCUT2D eigenvalue weighted by Gasteiger charge is -2.11. The number of nitrogens with one attached hydrogen (secondary N) is 1. The van der Waals surface area contributed by atoms with Crippen LogP contribution >= 0.6 is 36.2 Å². The van der Waals surface area contributed by atoms with E-state index in [1.165, 1.54) is 23.5 Å². The maximum Gasteiger partial charge on any atom is 0.237 e. The fraction of sp³-hybridized carbons (Fsp3) is 0.231. The van der Waals surface area contributed by atoms with Crippen molar-refractivity contribution in [3.63, 3.8) is 0 Å². The second-order valence-corrected chi connectivity index (χ2v) is 5.47. The Kier molecular flexibility index (Phi) is 8.96. The van der Waals surface area contributed by atoms with Gasteiger partial charge in [0.2, 0.25) is 5.91 Å². The second-order valence-electron chi connectivity index (χ2n) is 4.32. The molecule has 0 unspecified atom stereocenters. The molecule has 0 fully saturated rings. The minimum Gasteiger partial charge on any atom is -0.375 e. The number of hydrogen-bond acceptors (Lipinski definition) is 5. The summed E-state index contributed by atoms with van der Waals surface area (Å²) < 4.78 is 12.8. The third kappa shape index (κ3) is 6.15. The van der Waals surface area contributed by atoms with Gasteiger partial charge in [0, 0.05) is 11.1 Å². The van der Waals surface area contributed by atoms with E-state index in [1.807, 2.05) is 0 Å². The van der Waals surface area contributed by atoms with Gasteiger partial charge < -0.3 is 16.8 Å². The average molecular weight is 367 g/mol. The molecule has 0 saturated heterocycles. The van der Waals surface area contributed by atoms with Gasteiger partial charge in [0.1, 0.15) is 5.82 Å². The van der Waals surface area contributed by atoms with E-state index in [-0.39, 0.29) is 36.5 Å². The summed E-state index contributed by atoms with van der Waals surface area (Å²) in [4.78, 5) is 16.6. The Morgan fingerprint density at radius 2 is 1.95 bits per heavy atom. The number of aromatic nitrogens is 1. The van der Waals surface area contributed by atoms with Crippen LogP contribution in [-0.2, 0) is 17.8 Å². The van der Waals surface area contributed by atoms with E-state index in [0.717, 1.165) is 10.4 Å². The molecule has 1 heterocycles. The molecule has 0 spiro atoms. The summed E-state index contributed by atoms with van der Waals surface area (Å²) in [6.45, 7) is 0.352. The number of carbonyl (C=O) groups excluding carboxylic acids is 1. The Morgan fingerprint density at radius 3 is 2.50 bits per heavy atom. The van der Waals surface area contributed by atoms with Crippen LogP contribution in [-0.4, -0.2) is 16.9 Å². The molecule has 5 nitrogen and oxygen atoms in total. The lowest BCUT2D eigenvalue weighted by Crippen LogP contribution is -2.41. The van der Waals surface area contributed by atoms with Crippen molar-refractivity contribution in [3.05, 3.63) is 46.7 Å². The van der Waals surface area contributed by atoms with Gasteiger partial charge in [-0.1, -0.05) is 12.1 Å². The lowest BCUT2D eigenvalue weighted by atomic mass is 10.1. The lowest BCUT2D eigenvalue weighted by molar-refractivity contribution is -0.122. The highest BCUT2D eigenvalue weighted by Crippen LogP contribution is 2.13. The molecule has 22 heavy (non-hydrogen) atoms. The second kappa shape index (κ2) is 9.58. The highest BCUT2D eigenvalue weighted by Gasteiger charge is 2.14. The first kappa shape index (κ1) is 20.6. The van der Waals surface area contributed by atoms with E-state index in [1.54, 1.807) is 18.3 Å². The monoisotopic (exact) mass is 366 g/mol. The number of halogens is 3. The summed E-state index contributed by atoms with van der Waals surface area (Å²) in [5, 5.41) is 3.18. The van der Waals surface area contributed by atoms with Crippen LogP contribution in [0.1, 0.15) is 10.4 Å². The molecule has 2 rings (SSSR count). The van der Waals surface area contributed by atoms with E-state index in [4.69, 9.17) is 11.5 Å². The van der Waals surface area contributed by atoms with Crippen molar-refractivity contribution in [3.8, 4) is 0 Å². The molecule has 9 heteroatoms. The van der Waals surface area contributed by atoms with Crippen LogP contribution in [0, 0.1) is 5.82 Å². The molecule has 1 atom stereocenters. The predicted octanol–water partition coefficient (Wildman–Crippen LogP) is 1.89. The van der Waals surface area contributed by atoms with Crippen LogP contribution < -0.4 is 16.8 Å². The van der Waals surface area contributed by atoms with Crippen molar-refractivity contribution >= 4 is 47.2 Å². The molecule has 1 aromatic heterocycles. The van der Waals surface area contributed by atoms with Crippen molar-refractivity contribution in [1.29, 1.82) is 0 Å². The first-order chi connectivity index (χ1) is 9.54. The normalized spacial score (nSPS) is 11.0. The molecule has 0 aliphatic carbocycles. The van der Waals surface area contributed by atoms with Gasteiger partial charge in [-0.25, -0.2) is 9.37 Å². The predicted molar refractivity (Wildman–Crippen MR) is 90.9 cm³/mol. The molecule has 122 valence electrons. The summed E-state index contributed by atoms with van der Waals surface area (Å²) in [7, 11) is 0. The minimum absolute atomic E-state index is 0. The van der Waals surface area contributed by atoms with Gasteiger partial charge in [-0.05, 0) is 24.1 Å². The van der Waals surface area contributed by atoms with E-state index >= 15 is 0 Å². The molecule has 0 radical (unpaired) electrons. The van der Waals surface area contributed by atoms with Gasteiger partial charge in [0.05, 0.1) is 12.6 Å². The Hall–Kier alpha value is -1.41. The van der Waals surface area contributed by atoms with Gasteiger partial charge in [-0.3, -0.25) is 4.79 Å². The number of amides is 1. The smallest absolute Gasteiger partial charge is 0.237 e. The first-order valence-corrected chi connectivity index (χ1v) is 6.84. The van der Waals surface area contributed by atoms with Crippen LogP contribution in [0.5, 0.6) is 0 Å². The molecule has 0 saturated carbocycles. The molecular formula is C13H17Cl2FN4OS. The van der Waals surface area contributed by atoms with E-state index in [0.29, 0.717) is 18.1 Å². The third-order valence-electron chi connectivity index (χ3n) is 2.71. The summed E-state index contributed by atoms with van der Waals surface area (Å²) in [6.07, 6.45) is 1.97. The minimum atomic E-state index is -0.675. The van der Waals surface area contributed by atoms with Gasteiger partial charge in [-0.15, -0.1) is 36.2 Å². The average Bonchev–Trinajstić information content (AvgIpc) is 2.84. The van der Waals surface area contributed by atoms with Crippen molar-refractivity contribution in [2.45, 2.75) is 19.0 Å². The summed E-state index contributed by atoms with van der Waals surface area (Å²) in [5.74, 6) is -0.573. The van der Waals surface area contributed by atoms with Gasteiger partial charge in [-0.2, -0.15) is 0 Å². The maximum atomic E-state index is 12.8. The number of rotatable bonds is 5. The zero-order chi connectivity index (χ0) is 14.5. The van der Waals surface area contributed by atoms with Gasteiger partial charge in [0.25, 0.3) is 0 Å². The first-order valence-electron chi connectivity index (χ1n) is 6.02. The third-order valence-corrected chi connectivity index (χ3v) is 3.54. The standard InChI is InChI=1S/C13H15FN4OS.2ClH/c14-9-3-1-8(2-4-9)5-11(15)12(19)17-6-10-7-18-13(16)20-10;;/h1-4,7,11H,5-6,15H2,(H2,16,18)(H,17,19);2*1H/t11-;;/m0../s1. The summed E-state index contributed by atoms with van der Waals surface area (Å²) in [6, 6.07) is 5.25. The van der Waals surface area contributed by atoms with Gasteiger partial charge in [0.15, 0.2) is 5.13 Å². The fourth-order valence-electron chi connectivity index (χ4n) is 1.68. The molecule has 0 aliphatic rings. The van der Waals surface area contributed by atoms with E-state index < -0.39 is 6.04 Å². The number of nitrogens with zero attached hydrogens (tertiary/aromatic N) is 1. The van der Waals surface area contributed by atoms with Crippen molar-refractivity contribution < 1.29 is 9.18 Å². The molecule has 2 aromatic rings. The summed E-state index contributed by atoms with van der Waals surface area (Å²) in [5.41, 5.74) is 12.1. The zero-order valence-electron chi connectivity index (χ0n) is 11.5. The number of hydrogen-bond donors (Lipinski definition) is 3. The molecular weight excluding hydrogens is 350 g/mol. The van der Waals surface area contributed by atoms with Crippen LogP contribution in [0.3, 0.4) is 0 Å². The molecule has 5 N–H and O–H groups in total. The van der Waals surface area contributed by atoms with E-state index in [2.05, 4.69) is 10.3 Å². The van der Waals surface area contributed by atoms with E-state index in [9.17, 15) is 9.18 Å². The SMILES string of the molecule is Cl.Cl.Nc1ncc(CNC(=O)[C@@H](N)Cc2ccc(F)cc2)s1. The van der Waals surface area contributed by atoms with Crippen LogP contribution in [0.4, 0.5) is 9.52 Å². The number of nitrogen functional groups attached to an aromatic ring is 1. The van der Waals surface area contributed by atoms with Crippen molar-refractivity contribution in [2.75, 3.05) is 5.73 Å². The zero-order valence-corrected chi connectivity index (χ0v) is 13.9. The Balaban J connectivity index is 0.00000220. The Bertz CT molecular complexity index is 594. The van der Waals surface area contributed by atoms with Crippen LogP contribution in [0.15, 0.2) is 30.5 Å². The van der Waals surface area contributed by atoms with Crippen LogP contribution in [0.25, 0.3) is 0 Å². The summed E-state index contributed by atoms with van der Waals surface area (Å²) >= 11 is 1.32. The molecule has 1 aromatic carbocycles. The number of nitrogens with two attached hydrogens (primary N) is 2. The van der Waals surface area contributed by atoms with Gasteiger partial charge >= 0.3 is 0 Å². The molecule has 0 aliphatic heterocycles. The Morgan fingerprint density at radius 1 is 1.32 bits per heavy atom. The van der Waals surface area contributed by atoms with Crippen molar-refractivity contribution in [1.82, 2.24) is 10.3 Å². The number of thiazole rings is 1. The number of carbonyl (C=O) groups is 1. The highest BCUT2D eigenvalue weighted by atomic mass is 35.5. The maximum absolute atomic E-state index is 12.8. The van der Waals surface area contributed by atoms with Crippen molar-refractivity contribution in [2.24, 2.45) is 5.73 Å². The largest absolute Gasteiger partial charge is 0.375 e. The fourth-order valence-corrected chi connectivity index (χ4v) is 2.30.